The Hall–Kier alpha value is -1.82. The van der Waals surface area contributed by atoms with Crippen LogP contribution in [0.3, 0.4) is 0 Å². The molecule has 1 N–H and O–H groups in total. The van der Waals surface area contributed by atoms with Crippen LogP contribution in [0.1, 0.15) is 50.0 Å². The summed E-state index contributed by atoms with van der Waals surface area (Å²) in [4.78, 5) is 11.9. The van der Waals surface area contributed by atoms with Crippen LogP contribution in [0.15, 0.2) is 17.2 Å². The maximum absolute atomic E-state index is 11.9. The van der Waals surface area contributed by atoms with E-state index in [0.717, 1.165) is 19.3 Å². The third-order valence-electron chi connectivity index (χ3n) is 4.08. The Morgan fingerprint density at radius 2 is 2.14 bits per heavy atom. The van der Waals surface area contributed by atoms with Crippen molar-refractivity contribution in [1.82, 2.24) is 19.6 Å². The summed E-state index contributed by atoms with van der Waals surface area (Å²) in [5, 5.41) is 12.1. The van der Waals surface area contributed by atoms with Gasteiger partial charge in [0, 0.05) is 13.1 Å². The van der Waals surface area contributed by atoms with Crippen molar-refractivity contribution in [2.75, 3.05) is 5.32 Å². The summed E-state index contributed by atoms with van der Waals surface area (Å²) in [7, 11) is 1.59. The first kappa shape index (κ1) is 15.1. The van der Waals surface area contributed by atoms with Crippen LogP contribution < -0.4 is 10.9 Å². The largest absolute Gasteiger partial charge is 0.374 e. The zero-order valence-corrected chi connectivity index (χ0v) is 13.8. The molecule has 2 aromatic heterocycles. The first-order valence-electron chi connectivity index (χ1n) is 7.53. The van der Waals surface area contributed by atoms with Crippen LogP contribution in [0.2, 0.25) is 5.02 Å². The average Bonchev–Trinajstić information content (AvgIpc) is 2.93. The standard InChI is InChI=1S/C15H20ClN5O/c1-9(2)21-14-10(7-18-21)5-4-6-11(14)19-12-8-17-20(3)15(22)13(12)16/h7-9,11,19H,4-6H2,1-3H3. The summed E-state index contributed by atoms with van der Waals surface area (Å²) < 4.78 is 3.28. The fourth-order valence-corrected chi connectivity index (χ4v) is 3.19. The molecule has 1 aliphatic rings. The van der Waals surface area contributed by atoms with Gasteiger partial charge in [-0.25, -0.2) is 4.68 Å². The van der Waals surface area contributed by atoms with E-state index in [1.54, 1.807) is 13.2 Å². The van der Waals surface area contributed by atoms with Crippen molar-refractivity contribution in [2.24, 2.45) is 7.05 Å². The summed E-state index contributed by atoms with van der Waals surface area (Å²) in [6.07, 6.45) is 6.67. The van der Waals surface area contributed by atoms with E-state index >= 15 is 0 Å². The number of hydrogen-bond acceptors (Lipinski definition) is 4. The van der Waals surface area contributed by atoms with E-state index in [1.807, 2.05) is 6.20 Å². The van der Waals surface area contributed by atoms with Crippen LogP contribution in [0, 0.1) is 0 Å². The molecule has 118 valence electrons. The zero-order valence-electron chi connectivity index (χ0n) is 13.0. The van der Waals surface area contributed by atoms with Crippen LogP contribution >= 0.6 is 11.6 Å². The van der Waals surface area contributed by atoms with Crippen LogP contribution in [0.4, 0.5) is 5.69 Å². The summed E-state index contributed by atoms with van der Waals surface area (Å²) in [6, 6.07) is 0.392. The van der Waals surface area contributed by atoms with E-state index in [9.17, 15) is 4.79 Å². The minimum absolute atomic E-state index is 0.0973. The molecule has 1 atom stereocenters. The smallest absolute Gasteiger partial charge is 0.287 e. The van der Waals surface area contributed by atoms with Crippen LogP contribution in [-0.4, -0.2) is 19.6 Å². The molecule has 0 radical (unpaired) electrons. The Morgan fingerprint density at radius 1 is 1.36 bits per heavy atom. The fraction of sp³-hybridized carbons (Fsp3) is 0.533. The maximum Gasteiger partial charge on any atom is 0.287 e. The molecule has 0 fully saturated rings. The van der Waals surface area contributed by atoms with E-state index in [0.29, 0.717) is 11.7 Å². The van der Waals surface area contributed by atoms with Gasteiger partial charge in [0.15, 0.2) is 0 Å². The number of aromatic nitrogens is 4. The van der Waals surface area contributed by atoms with Crippen molar-refractivity contribution in [3.05, 3.63) is 39.0 Å². The molecule has 0 amide bonds. The quantitative estimate of drug-likeness (QED) is 0.944. The third kappa shape index (κ3) is 2.52. The van der Waals surface area contributed by atoms with Gasteiger partial charge in [0.25, 0.3) is 5.56 Å². The highest BCUT2D eigenvalue weighted by molar-refractivity contribution is 6.32. The van der Waals surface area contributed by atoms with Gasteiger partial charge in [-0.15, -0.1) is 0 Å². The predicted octanol–water partition coefficient (Wildman–Crippen LogP) is 2.70. The van der Waals surface area contributed by atoms with Crippen molar-refractivity contribution < 1.29 is 0 Å². The van der Waals surface area contributed by atoms with Gasteiger partial charge >= 0.3 is 0 Å². The Bertz CT molecular complexity index is 749. The molecule has 2 aromatic rings. The van der Waals surface area contributed by atoms with Crippen LogP contribution in [0.25, 0.3) is 0 Å². The number of hydrogen-bond donors (Lipinski definition) is 1. The molecule has 7 heteroatoms. The molecule has 0 bridgehead atoms. The molecule has 0 aromatic carbocycles. The Kier molecular flexibility index (Phi) is 3.95. The number of halogens is 1. The van der Waals surface area contributed by atoms with Gasteiger partial charge in [0.1, 0.15) is 5.02 Å². The lowest BCUT2D eigenvalue weighted by Gasteiger charge is -2.27. The zero-order chi connectivity index (χ0) is 15.9. The highest BCUT2D eigenvalue weighted by Gasteiger charge is 2.26. The summed E-state index contributed by atoms with van der Waals surface area (Å²) in [5.41, 5.74) is 2.75. The first-order valence-corrected chi connectivity index (χ1v) is 7.91. The molecule has 0 saturated carbocycles. The number of aryl methyl sites for hydroxylation is 2. The lowest BCUT2D eigenvalue weighted by molar-refractivity contribution is 0.469. The van der Waals surface area contributed by atoms with Crippen molar-refractivity contribution >= 4 is 17.3 Å². The van der Waals surface area contributed by atoms with Gasteiger partial charge in [-0.3, -0.25) is 9.48 Å². The highest BCUT2D eigenvalue weighted by Crippen LogP contribution is 2.34. The van der Waals surface area contributed by atoms with Gasteiger partial charge < -0.3 is 5.32 Å². The monoisotopic (exact) mass is 321 g/mol. The SMILES string of the molecule is CC(C)n1ncc2c1C(Nc1cnn(C)c(=O)c1Cl)CCC2. The number of anilines is 1. The number of nitrogens with zero attached hydrogens (tertiary/aromatic N) is 4. The van der Waals surface area contributed by atoms with Crippen molar-refractivity contribution in [3.63, 3.8) is 0 Å². The second-order valence-corrected chi connectivity index (χ2v) is 6.36. The van der Waals surface area contributed by atoms with E-state index in [2.05, 4.69) is 34.0 Å². The molecule has 22 heavy (non-hydrogen) atoms. The first-order chi connectivity index (χ1) is 10.5. The van der Waals surface area contributed by atoms with E-state index in [4.69, 9.17) is 11.6 Å². The molecule has 0 spiro atoms. The van der Waals surface area contributed by atoms with Gasteiger partial charge in [-0.05, 0) is 38.7 Å². The predicted molar refractivity (Wildman–Crippen MR) is 86.4 cm³/mol. The van der Waals surface area contributed by atoms with E-state index in [1.165, 1.54) is 15.9 Å². The number of nitrogens with one attached hydrogen (secondary N) is 1. The van der Waals surface area contributed by atoms with Gasteiger partial charge in [0.2, 0.25) is 0 Å². The Morgan fingerprint density at radius 3 is 2.86 bits per heavy atom. The number of fused-ring (bicyclic) bond motifs is 1. The molecule has 3 rings (SSSR count). The topological polar surface area (TPSA) is 64.7 Å². The van der Waals surface area contributed by atoms with Gasteiger partial charge in [-0.1, -0.05) is 11.6 Å². The Balaban J connectivity index is 1.97. The van der Waals surface area contributed by atoms with Crippen LogP contribution in [0.5, 0.6) is 0 Å². The normalized spacial score (nSPS) is 17.6. The summed E-state index contributed by atoms with van der Waals surface area (Å²) >= 11 is 6.16. The highest BCUT2D eigenvalue weighted by atomic mass is 35.5. The lowest BCUT2D eigenvalue weighted by atomic mass is 9.93. The molecule has 2 heterocycles. The minimum atomic E-state index is -0.292. The summed E-state index contributed by atoms with van der Waals surface area (Å²) in [6.45, 7) is 4.23. The Labute approximate surface area is 134 Å². The van der Waals surface area contributed by atoms with Gasteiger partial charge in [0.05, 0.1) is 29.8 Å². The molecule has 0 saturated heterocycles. The number of rotatable bonds is 3. The van der Waals surface area contributed by atoms with Crippen LogP contribution in [-0.2, 0) is 13.5 Å². The third-order valence-corrected chi connectivity index (χ3v) is 4.45. The fourth-order valence-electron chi connectivity index (χ4n) is 2.97. The molecule has 6 nitrogen and oxygen atoms in total. The molecule has 1 unspecified atom stereocenters. The summed E-state index contributed by atoms with van der Waals surface area (Å²) in [5.74, 6) is 0. The molecular formula is C15H20ClN5O. The van der Waals surface area contributed by atoms with Crippen molar-refractivity contribution in [3.8, 4) is 0 Å². The second kappa shape index (κ2) is 5.76. The lowest BCUT2D eigenvalue weighted by Crippen LogP contribution is -2.25. The molecular weight excluding hydrogens is 302 g/mol. The van der Waals surface area contributed by atoms with Crippen molar-refractivity contribution in [2.45, 2.75) is 45.2 Å². The maximum atomic E-state index is 11.9. The minimum Gasteiger partial charge on any atom is -0.374 e. The second-order valence-electron chi connectivity index (χ2n) is 5.98. The van der Waals surface area contributed by atoms with E-state index < -0.39 is 0 Å². The molecule has 1 aliphatic carbocycles. The van der Waals surface area contributed by atoms with Gasteiger partial charge in [-0.2, -0.15) is 10.2 Å². The van der Waals surface area contributed by atoms with Crippen molar-refractivity contribution in [1.29, 1.82) is 0 Å². The molecule has 0 aliphatic heterocycles. The van der Waals surface area contributed by atoms with E-state index in [-0.39, 0.29) is 16.6 Å². The average molecular weight is 322 g/mol.